The van der Waals surface area contributed by atoms with Gasteiger partial charge >= 0.3 is 6.01 Å². The van der Waals surface area contributed by atoms with Gasteiger partial charge in [0.05, 0.1) is 25.3 Å². The average molecular weight is 555 g/mol. The third kappa shape index (κ3) is 5.16. The van der Waals surface area contributed by atoms with Gasteiger partial charge in [-0.25, -0.2) is 4.98 Å². The summed E-state index contributed by atoms with van der Waals surface area (Å²) >= 11 is 0. The molecule has 6 rings (SSSR count). The van der Waals surface area contributed by atoms with E-state index in [1.165, 1.54) is 0 Å². The van der Waals surface area contributed by atoms with E-state index in [9.17, 15) is 10.1 Å². The lowest BCUT2D eigenvalue weighted by molar-refractivity contribution is 0.188. The quantitative estimate of drug-likeness (QED) is 0.365. The molecule has 212 valence electrons. The number of nitrogens with one attached hydrogen (secondary N) is 1. The van der Waals surface area contributed by atoms with Crippen molar-refractivity contribution in [1.82, 2.24) is 29.7 Å². The van der Waals surface area contributed by atoms with Crippen molar-refractivity contribution in [2.75, 3.05) is 51.8 Å². The second-order valence-electron chi connectivity index (χ2n) is 10.7. The van der Waals surface area contributed by atoms with Crippen LogP contribution in [0, 0.1) is 18.3 Å². The first kappa shape index (κ1) is 26.9. The maximum Gasteiger partial charge on any atom is 0.319 e. The lowest BCUT2D eigenvalue weighted by atomic mass is 10.1. The Balaban J connectivity index is 1.52. The minimum Gasteiger partial charge on any atom is -0.497 e. The Morgan fingerprint density at radius 1 is 1.15 bits per heavy atom. The second kappa shape index (κ2) is 11.3. The predicted molar refractivity (Wildman–Crippen MR) is 157 cm³/mol. The molecule has 2 unspecified atom stereocenters. The number of rotatable bonds is 7. The smallest absolute Gasteiger partial charge is 0.319 e. The fourth-order valence-electron chi connectivity index (χ4n) is 5.90. The molecule has 2 aromatic carbocycles. The average Bonchev–Trinajstić information content (AvgIpc) is 3.40. The van der Waals surface area contributed by atoms with Crippen molar-refractivity contribution in [3.05, 3.63) is 52.6 Å². The van der Waals surface area contributed by atoms with E-state index in [4.69, 9.17) is 19.4 Å². The van der Waals surface area contributed by atoms with Gasteiger partial charge in [0.2, 0.25) is 0 Å². The Kier molecular flexibility index (Phi) is 7.43. The van der Waals surface area contributed by atoms with E-state index in [0.29, 0.717) is 61.3 Å². The highest BCUT2D eigenvalue weighted by Gasteiger charge is 2.27. The minimum absolute atomic E-state index is 0.0140. The summed E-state index contributed by atoms with van der Waals surface area (Å²) in [7, 11) is 3.70. The molecular weight excluding hydrogens is 520 g/mol. The molecule has 4 aromatic rings. The van der Waals surface area contributed by atoms with Crippen LogP contribution in [-0.4, -0.2) is 83.4 Å². The maximum absolute atomic E-state index is 14.3. The minimum atomic E-state index is -0.305. The number of likely N-dealkylation sites (tertiary alicyclic amines) is 1. The van der Waals surface area contributed by atoms with Crippen LogP contribution >= 0.6 is 0 Å². The molecule has 0 spiro atoms. The summed E-state index contributed by atoms with van der Waals surface area (Å²) in [6.45, 7) is 5.19. The topological polar surface area (TPSA) is 121 Å². The normalized spacial score (nSPS) is 19.5. The molecule has 11 nitrogen and oxygen atoms in total. The zero-order chi connectivity index (χ0) is 28.5. The number of hydrogen-bond donors (Lipinski definition) is 1. The molecule has 2 aliphatic heterocycles. The lowest BCUT2D eigenvalue weighted by Gasteiger charge is -2.34. The van der Waals surface area contributed by atoms with Gasteiger partial charge in [0.25, 0.3) is 5.56 Å². The van der Waals surface area contributed by atoms with Crippen LogP contribution in [-0.2, 0) is 0 Å². The van der Waals surface area contributed by atoms with Crippen LogP contribution in [0.1, 0.15) is 25.1 Å². The summed E-state index contributed by atoms with van der Waals surface area (Å²) in [5.74, 6) is 1.70. The number of anilines is 1. The zero-order valence-corrected chi connectivity index (χ0v) is 23.6. The molecule has 2 atom stereocenters. The zero-order valence-electron chi connectivity index (χ0n) is 23.6. The molecule has 0 bridgehead atoms. The van der Waals surface area contributed by atoms with Crippen molar-refractivity contribution < 1.29 is 9.47 Å². The highest BCUT2D eigenvalue weighted by atomic mass is 16.5. The maximum atomic E-state index is 14.3. The van der Waals surface area contributed by atoms with Crippen LogP contribution in [0.15, 0.2) is 41.2 Å². The summed E-state index contributed by atoms with van der Waals surface area (Å²) in [5, 5.41) is 14.5. The van der Waals surface area contributed by atoms with E-state index in [2.05, 4.69) is 33.2 Å². The van der Waals surface area contributed by atoms with Crippen LogP contribution in [0.5, 0.6) is 11.8 Å². The first-order valence-corrected chi connectivity index (χ1v) is 14.0. The van der Waals surface area contributed by atoms with E-state index in [-0.39, 0.29) is 29.2 Å². The van der Waals surface area contributed by atoms with Crippen molar-refractivity contribution >= 4 is 27.6 Å². The van der Waals surface area contributed by atoms with Crippen LogP contribution in [0.3, 0.4) is 0 Å². The molecule has 0 aliphatic carbocycles. The van der Waals surface area contributed by atoms with Gasteiger partial charge < -0.3 is 24.6 Å². The van der Waals surface area contributed by atoms with Crippen molar-refractivity contribution in [2.45, 2.75) is 38.3 Å². The summed E-state index contributed by atoms with van der Waals surface area (Å²) in [6.07, 6.45) is 2.54. The van der Waals surface area contributed by atoms with Gasteiger partial charge in [-0.3, -0.25) is 9.36 Å². The summed E-state index contributed by atoms with van der Waals surface area (Å²) in [4.78, 5) is 33.0. The van der Waals surface area contributed by atoms with E-state index in [0.717, 1.165) is 30.2 Å². The number of fused-ring (bicyclic) bond motifs is 2. The Morgan fingerprint density at radius 3 is 2.78 bits per heavy atom. The number of piperazine rings is 1. The van der Waals surface area contributed by atoms with Gasteiger partial charge in [-0.1, -0.05) is 24.3 Å². The molecule has 2 fully saturated rings. The largest absolute Gasteiger partial charge is 0.497 e. The van der Waals surface area contributed by atoms with Gasteiger partial charge in [-0.05, 0) is 44.8 Å². The molecule has 2 aliphatic rings. The Labute approximate surface area is 238 Å². The second-order valence-corrected chi connectivity index (χ2v) is 10.7. The van der Waals surface area contributed by atoms with Crippen molar-refractivity contribution in [3.63, 3.8) is 0 Å². The number of hydrogen-bond acceptors (Lipinski definition) is 10. The lowest BCUT2D eigenvalue weighted by Crippen LogP contribution is -2.51. The van der Waals surface area contributed by atoms with E-state index in [1.807, 2.05) is 43.3 Å². The first-order valence-electron chi connectivity index (χ1n) is 14.0. The standard InChI is InChI=1S/C30H34N8O3/c1-19-33-26-27(29(39)38(19)25-16-23(40-3)15-20-7-4-5-9-24(20)25)34-30(41-18-22-8-6-13-36(22)2)35-28(26)37-14-12-32-21(17-37)10-11-31/h4-5,7,9,15-16,21-22,32H,6,8,10,12-14,17-18H2,1-3H3. The van der Waals surface area contributed by atoms with Crippen molar-refractivity contribution in [2.24, 2.45) is 0 Å². The van der Waals surface area contributed by atoms with Crippen LogP contribution < -0.4 is 25.2 Å². The number of nitriles is 1. The molecular formula is C30H34N8O3. The van der Waals surface area contributed by atoms with Crippen LogP contribution in [0.25, 0.3) is 27.5 Å². The van der Waals surface area contributed by atoms with Crippen molar-refractivity contribution in [3.8, 4) is 23.5 Å². The van der Waals surface area contributed by atoms with E-state index in [1.54, 1.807) is 11.7 Å². The summed E-state index contributed by atoms with van der Waals surface area (Å²) < 4.78 is 13.3. The van der Waals surface area contributed by atoms with Gasteiger partial charge in [-0.2, -0.15) is 15.2 Å². The molecule has 1 N–H and O–H groups in total. The molecule has 0 radical (unpaired) electrons. The molecule has 0 amide bonds. The SMILES string of the molecule is COc1cc(-n2c(C)nc3c(N4CCNC(CC#N)C4)nc(OCC4CCCN4C)nc3c2=O)c2ccccc2c1. The Morgan fingerprint density at radius 2 is 2.00 bits per heavy atom. The number of likely N-dealkylation sites (N-methyl/N-ethyl adjacent to an activating group) is 1. The third-order valence-corrected chi connectivity index (χ3v) is 8.11. The van der Waals surface area contributed by atoms with E-state index < -0.39 is 0 Å². The number of aromatic nitrogens is 4. The number of methoxy groups -OCH3 is 1. The number of ether oxygens (including phenoxy) is 2. The molecule has 0 saturated carbocycles. The highest BCUT2D eigenvalue weighted by Crippen LogP contribution is 2.30. The fraction of sp³-hybridized carbons (Fsp3) is 0.433. The van der Waals surface area contributed by atoms with Gasteiger partial charge in [0.15, 0.2) is 11.3 Å². The number of benzene rings is 2. The third-order valence-electron chi connectivity index (χ3n) is 8.11. The fourth-order valence-corrected chi connectivity index (χ4v) is 5.90. The van der Waals surface area contributed by atoms with Gasteiger partial charge in [0, 0.05) is 43.2 Å². The van der Waals surface area contributed by atoms with Crippen molar-refractivity contribution in [1.29, 1.82) is 5.26 Å². The van der Waals surface area contributed by atoms with Crippen LogP contribution in [0.4, 0.5) is 5.82 Å². The first-order chi connectivity index (χ1) is 20.0. The molecule has 2 saturated heterocycles. The van der Waals surface area contributed by atoms with Crippen LogP contribution in [0.2, 0.25) is 0 Å². The van der Waals surface area contributed by atoms with E-state index >= 15 is 0 Å². The predicted octanol–water partition coefficient (Wildman–Crippen LogP) is 2.81. The van der Waals surface area contributed by atoms with Gasteiger partial charge in [0.1, 0.15) is 23.7 Å². The molecule has 4 heterocycles. The summed E-state index contributed by atoms with van der Waals surface area (Å²) in [6, 6.07) is 14.3. The molecule has 11 heteroatoms. The monoisotopic (exact) mass is 554 g/mol. The number of nitrogens with zero attached hydrogens (tertiary/aromatic N) is 7. The Hall–Kier alpha value is -4.27. The molecule has 2 aromatic heterocycles. The molecule has 41 heavy (non-hydrogen) atoms. The van der Waals surface area contributed by atoms with Gasteiger partial charge in [-0.15, -0.1) is 0 Å². The summed E-state index contributed by atoms with van der Waals surface area (Å²) in [5.41, 5.74) is 0.987. The Bertz CT molecular complexity index is 1700. The highest BCUT2D eigenvalue weighted by molar-refractivity contribution is 5.92. The number of aryl methyl sites for hydroxylation is 1.